The molecule has 1 heterocycles. The van der Waals surface area contributed by atoms with Crippen LogP contribution < -0.4 is 9.64 Å². The van der Waals surface area contributed by atoms with Crippen molar-refractivity contribution in [1.29, 1.82) is 0 Å². The summed E-state index contributed by atoms with van der Waals surface area (Å²) in [6, 6.07) is 4.92. The van der Waals surface area contributed by atoms with Gasteiger partial charge in [0.05, 0.1) is 5.69 Å². The number of ether oxygens (including phenoxy) is 1. The Morgan fingerprint density at radius 3 is 2.71 bits per heavy atom. The van der Waals surface area contributed by atoms with Gasteiger partial charge in [-0.05, 0) is 31.5 Å². The number of hydrogen-bond donors (Lipinski definition) is 1. The van der Waals surface area contributed by atoms with E-state index < -0.39 is 12.1 Å². The predicted molar refractivity (Wildman–Crippen MR) is 75.8 cm³/mol. The van der Waals surface area contributed by atoms with Crippen molar-refractivity contribution in [2.75, 3.05) is 11.9 Å². The number of ketones is 1. The lowest BCUT2D eigenvalue weighted by Gasteiger charge is -2.30. The third-order valence-electron chi connectivity index (χ3n) is 3.42. The number of carbonyl (C=O) groups excluding carboxylic acids is 2. The van der Waals surface area contributed by atoms with Crippen LogP contribution in [-0.4, -0.2) is 35.9 Å². The highest BCUT2D eigenvalue weighted by atomic mass is 16.5. The summed E-state index contributed by atoms with van der Waals surface area (Å²) >= 11 is 0. The van der Waals surface area contributed by atoms with Crippen LogP contribution in [0.15, 0.2) is 18.2 Å². The number of fused-ring (bicyclic) bond motifs is 1. The number of anilines is 1. The number of amides is 1. The van der Waals surface area contributed by atoms with Crippen molar-refractivity contribution < 1.29 is 24.2 Å². The molecule has 0 bridgehead atoms. The van der Waals surface area contributed by atoms with Gasteiger partial charge in [-0.1, -0.05) is 0 Å². The average molecular weight is 291 g/mol. The van der Waals surface area contributed by atoms with Crippen molar-refractivity contribution in [2.45, 2.75) is 32.3 Å². The Morgan fingerprint density at radius 1 is 1.33 bits per heavy atom. The number of rotatable bonds is 5. The normalized spacial score (nSPS) is 17.1. The zero-order valence-electron chi connectivity index (χ0n) is 12.0. The van der Waals surface area contributed by atoms with Crippen molar-refractivity contribution in [3.05, 3.63) is 23.8 Å². The molecule has 0 aromatic heterocycles. The number of carboxylic acid groups (broad SMARTS) is 1. The van der Waals surface area contributed by atoms with Crippen LogP contribution in [0.5, 0.6) is 5.75 Å². The Hall–Kier alpha value is -2.37. The van der Waals surface area contributed by atoms with Gasteiger partial charge in [0, 0.05) is 25.5 Å². The van der Waals surface area contributed by atoms with Crippen LogP contribution in [0.1, 0.15) is 36.5 Å². The van der Waals surface area contributed by atoms with Gasteiger partial charge in [-0.25, -0.2) is 0 Å². The van der Waals surface area contributed by atoms with Crippen LogP contribution in [-0.2, 0) is 9.59 Å². The Labute approximate surface area is 122 Å². The molecule has 1 aromatic rings. The van der Waals surface area contributed by atoms with Gasteiger partial charge < -0.3 is 14.7 Å². The molecule has 0 saturated carbocycles. The van der Waals surface area contributed by atoms with Crippen LogP contribution in [0.3, 0.4) is 0 Å². The number of nitrogens with zero attached hydrogens (tertiary/aromatic N) is 1. The predicted octanol–water partition coefficient (Wildman–Crippen LogP) is 1.87. The van der Waals surface area contributed by atoms with Gasteiger partial charge in [-0.2, -0.15) is 0 Å². The van der Waals surface area contributed by atoms with Gasteiger partial charge in [-0.15, -0.1) is 0 Å². The van der Waals surface area contributed by atoms with Crippen molar-refractivity contribution in [3.8, 4) is 5.75 Å². The van der Waals surface area contributed by atoms with Crippen LogP contribution in [0.4, 0.5) is 5.69 Å². The summed E-state index contributed by atoms with van der Waals surface area (Å²) in [5, 5.41) is 8.57. The Balaban J connectivity index is 2.15. The first-order valence-corrected chi connectivity index (χ1v) is 6.73. The summed E-state index contributed by atoms with van der Waals surface area (Å²) in [5.74, 6) is -0.663. The van der Waals surface area contributed by atoms with E-state index in [-0.39, 0.29) is 24.5 Å². The summed E-state index contributed by atoms with van der Waals surface area (Å²) in [5.41, 5.74) is 1.01. The maximum Gasteiger partial charge on any atom is 0.303 e. The minimum atomic E-state index is -0.916. The van der Waals surface area contributed by atoms with Crippen molar-refractivity contribution in [1.82, 2.24) is 0 Å². The fourth-order valence-corrected chi connectivity index (χ4v) is 2.23. The lowest BCUT2D eigenvalue weighted by atomic mass is 10.0. The van der Waals surface area contributed by atoms with E-state index in [9.17, 15) is 14.4 Å². The second-order valence-corrected chi connectivity index (χ2v) is 5.01. The number of hydrogen-bond acceptors (Lipinski definition) is 4. The van der Waals surface area contributed by atoms with Crippen molar-refractivity contribution in [3.63, 3.8) is 0 Å². The van der Waals surface area contributed by atoms with E-state index in [1.165, 1.54) is 4.90 Å². The van der Waals surface area contributed by atoms with Gasteiger partial charge in [0.2, 0.25) is 0 Å². The molecule has 0 spiro atoms. The molecule has 1 aromatic carbocycles. The molecule has 0 saturated heterocycles. The average Bonchev–Trinajstić information content (AvgIpc) is 2.44. The zero-order valence-corrected chi connectivity index (χ0v) is 12.0. The molecule has 0 fully saturated rings. The smallest absolute Gasteiger partial charge is 0.303 e. The largest absolute Gasteiger partial charge is 0.481 e. The molecule has 1 aliphatic rings. The summed E-state index contributed by atoms with van der Waals surface area (Å²) in [4.78, 5) is 35.8. The van der Waals surface area contributed by atoms with Crippen LogP contribution in [0.2, 0.25) is 0 Å². The number of carboxylic acids is 1. The topological polar surface area (TPSA) is 83.9 Å². The summed E-state index contributed by atoms with van der Waals surface area (Å²) < 4.78 is 5.48. The highest BCUT2D eigenvalue weighted by molar-refractivity contribution is 6.02. The molecule has 6 heteroatoms. The lowest BCUT2D eigenvalue weighted by molar-refractivity contribution is -0.137. The van der Waals surface area contributed by atoms with Crippen LogP contribution >= 0.6 is 0 Å². The molecule has 21 heavy (non-hydrogen) atoms. The number of Topliss-reactive ketones (excluding diaryl/α,β-unsaturated/α-hetero) is 1. The molecule has 0 aliphatic carbocycles. The molecule has 2 rings (SSSR count). The second-order valence-electron chi connectivity index (χ2n) is 5.01. The Kier molecular flexibility index (Phi) is 4.26. The zero-order chi connectivity index (χ0) is 15.6. The lowest BCUT2D eigenvalue weighted by Crippen LogP contribution is -2.42. The maximum atomic E-state index is 12.0. The van der Waals surface area contributed by atoms with Crippen molar-refractivity contribution >= 4 is 23.3 Å². The van der Waals surface area contributed by atoms with E-state index in [4.69, 9.17) is 9.84 Å². The quantitative estimate of drug-likeness (QED) is 0.837. The van der Waals surface area contributed by atoms with Gasteiger partial charge in [0.1, 0.15) is 5.75 Å². The first kappa shape index (κ1) is 15.0. The van der Waals surface area contributed by atoms with E-state index >= 15 is 0 Å². The van der Waals surface area contributed by atoms with E-state index in [0.29, 0.717) is 23.4 Å². The molecule has 1 N–H and O–H groups in total. The van der Waals surface area contributed by atoms with Gasteiger partial charge in [-0.3, -0.25) is 14.4 Å². The summed E-state index contributed by atoms with van der Waals surface area (Å²) in [6.07, 6.45) is -0.108. The van der Waals surface area contributed by atoms with Gasteiger partial charge >= 0.3 is 5.97 Å². The number of aliphatic carboxylic acids is 1. The molecule has 1 unspecified atom stereocenters. The molecule has 1 aliphatic heterocycles. The third kappa shape index (κ3) is 3.21. The molecule has 1 atom stereocenters. The Bertz CT molecular complexity index is 596. The molecular formula is C15H17NO5. The third-order valence-corrected chi connectivity index (χ3v) is 3.42. The van der Waals surface area contributed by atoms with Crippen molar-refractivity contribution in [2.24, 2.45) is 0 Å². The SMILES string of the molecule is CC1Oc2ccc(C(=O)CCCC(=O)O)cc2N(C)C1=O. The van der Waals surface area contributed by atoms with Gasteiger partial charge in [0.15, 0.2) is 11.9 Å². The second kappa shape index (κ2) is 5.95. The minimum Gasteiger partial charge on any atom is -0.481 e. The first-order chi connectivity index (χ1) is 9.90. The summed E-state index contributed by atoms with van der Waals surface area (Å²) in [6.45, 7) is 1.67. The monoisotopic (exact) mass is 291 g/mol. The fraction of sp³-hybridized carbons (Fsp3) is 0.400. The highest BCUT2D eigenvalue weighted by Crippen LogP contribution is 2.34. The van der Waals surface area contributed by atoms with E-state index in [1.807, 2.05) is 0 Å². The molecule has 6 nitrogen and oxygen atoms in total. The summed E-state index contributed by atoms with van der Waals surface area (Å²) in [7, 11) is 1.64. The standard InChI is InChI=1S/C15H17NO5/c1-9-15(20)16(2)11-8-10(6-7-13(11)21-9)12(17)4-3-5-14(18)19/h6-9H,3-5H2,1-2H3,(H,18,19). The minimum absolute atomic E-state index is 0.0320. The van der Waals surface area contributed by atoms with E-state index in [1.54, 1.807) is 32.2 Å². The number of likely N-dealkylation sites (N-methyl/N-ethyl adjacent to an activating group) is 1. The highest BCUT2D eigenvalue weighted by Gasteiger charge is 2.29. The van der Waals surface area contributed by atoms with E-state index in [0.717, 1.165) is 0 Å². The number of carbonyl (C=O) groups is 3. The van der Waals surface area contributed by atoms with Gasteiger partial charge in [0.25, 0.3) is 5.91 Å². The fourth-order valence-electron chi connectivity index (χ4n) is 2.23. The number of benzene rings is 1. The van der Waals surface area contributed by atoms with Crippen LogP contribution in [0.25, 0.3) is 0 Å². The first-order valence-electron chi connectivity index (χ1n) is 6.73. The molecule has 112 valence electrons. The Morgan fingerprint density at radius 2 is 2.05 bits per heavy atom. The maximum absolute atomic E-state index is 12.0. The molecule has 0 radical (unpaired) electrons. The molecular weight excluding hydrogens is 274 g/mol. The van der Waals surface area contributed by atoms with Crippen LogP contribution in [0, 0.1) is 0 Å². The molecule has 1 amide bonds. The van der Waals surface area contributed by atoms with E-state index in [2.05, 4.69) is 0 Å².